The maximum absolute atomic E-state index is 11.8. The molecule has 0 bridgehead atoms. The molecule has 0 atom stereocenters. The quantitative estimate of drug-likeness (QED) is 0.686. The maximum Gasteiger partial charge on any atom is 0.185 e. The first kappa shape index (κ1) is 12.6. The Labute approximate surface area is 114 Å². The Kier molecular flexibility index (Phi) is 3.95. The summed E-state index contributed by atoms with van der Waals surface area (Å²) in [6.45, 7) is 0. The molecule has 18 heavy (non-hydrogen) atoms. The molecule has 0 saturated carbocycles. The third kappa shape index (κ3) is 3.31. The molecule has 0 unspecified atom stereocenters. The number of benzene rings is 2. The number of phenols is 1. The van der Waals surface area contributed by atoms with E-state index in [2.05, 4.69) is 15.9 Å². The van der Waals surface area contributed by atoms with Crippen LogP contribution in [0.4, 0.5) is 0 Å². The summed E-state index contributed by atoms with van der Waals surface area (Å²) in [7, 11) is 0. The normalized spacial score (nSPS) is 10.7. The summed E-state index contributed by atoms with van der Waals surface area (Å²) in [4.78, 5) is 11.8. The summed E-state index contributed by atoms with van der Waals surface area (Å²) < 4.78 is 0.941. The topological polar surface area (TPSA) is 37.3 Å². The number of allylic oxidation sites excluding steroid dienone is 1. The molecule has 0 amide bonds. The fourth-order valence-corrected chi connectivity index (χ4v) is 1.78. The van der Waals surface area contributed by atoms with Gasteiger partial charge in [0.15, 0.2) is 5.78 Å². The molecule has 0 aliphatic carbocycles. The van der Waals surface area contributed by atoms with E-state index in [-0.39, 0.29) is 11.5 Å². The molecule has 0 spiro atoms. The van der Waals surface area contributed by atoms with Crippen LogP contribution in [0, 0.1) is 0 Å². The highest BCUT2D eigenvalue weighted by atomic mass is 79.9. The largest absolute Gasteiger partial charge is 0.508 e. The zero-order valence-electron chi connectivity index (χ0n) is 9.51. The first-order valence-corrected chi connectivity index (χ1v) is 6.21. The SMILES string of the molecule is O=C(/C=C/c1cccc(O)c1)c1ccc(Br)cc1. The Hall–Kier alpha value is -1.87. The molecule has 2 nitrogen and oxygen atoms in total. The molecule has 0 aliphatic rings. The van der Waals surface area contributed by atoms with Crippen LogP contribution in [0.25, 0.3) is 6.08 Å². The summed E-state index contributed by atoms with van der Waals surface area (Å²) >= 11 is 3.32. The first-order chi connectivity index (χ1) is 8.65. The van der Waals surface area contributed by atoms with Gasteiger partial charge in [-0.25, -0.2) is 0 Å². The minimum atomic E-state index is -0.0640. The van der Waals surface area contributed by atoms with E-state index in [1.165, 1.54) is 6.08 Å². The van der Waals surface area contributed by atoms with Crippen molar-refractivity contribution >= 4 is 27.8 Å². The van der Waals surface area contributed by atoms with Gasteiger partial charge in [-0.05, 0) is 48.0 Å². The van der Waals surface area contributed by atoms with Gasteiger partial charge in [-0.15, -0.1) is 0 Å². The highest BCUT2D eigenvalue weighted by Gasteiger charge is 2.00. The van der Waals surface area contributed by atoms with Crippen LogP contribution >= 0.6 is 15.9 Å². The number of halogens is 1. The Balaban J connectivity index is 2.14. The lowest BCUT2D eigenvalue weighted by molar-refractivity contribution is 0.104. The Morgan fingerprint density at radius 3 is 2.50 bits per heavy atom. The number of phenolic OH excluding ortho intramolecular Hbond substituents is 1. The molecule has 3 heteroatoms. The molecule has 0 radical (unpaired) electrons. The number of hydrogen-bond acceptors (Lipinski definition) is 2. The van der Waals surface area contributed by atoms with Crippen molar-refractivity contribution in [2.75, 3.05) is 0 Å². The molecule has 2 aromatic carbocycles. The van der Waals surface area contributed by atoms with Gasteiger partial charge in [-0.2, -0.15) is 0 Å². The fraction of sp³-hybridized carbons (Fsp3) is 0. The molecule has 0 heterocycles. The first-order valence-electron chi connectivity index (χ1n) is 5.42. The molecule has 2 rings (SSSR count). The van der Waals surface area contributed by atoms with Crippen molar-refractivity contribution in [2.45, 2.75) is 0 Å². The van der Waals surface area contributed by atoms with E-state index in [0.717, 1.165) is 10.0 Å². The van der Waals surface area contributed by atoms with Gasteiger partial charge in [0.1, 0.15) is 5.75 Å². The van der Waals surface area contributed by atoms with Crippen molar-refractivity contribution in [3.8, 4) is 5.75 Å². The molecule has 90 valence electrons. The van der Waals surface area contributed by atoms with Crippen molar-refractivity contribution < 1.29 is 9.90 Å². The zero-order chi connectivity index (χ0) is 13.0. The lowest BCUT2D eigenvalue weighted by atomic mass is 10.1. The number of aromatic hydroxyl groups is 1. The van der Waals surface area contributed by atoms with Crippen molar-refractivity contribution in [3.63, 3.8) is 0 Å². The molecular formula is C15H11BrO2. The van der Waals surface area contributed by atoms with Gasteiger partial charge < -0.3 is 5.11 Å². The number of carbonyl (C=O) groups is 1. The molecule has 0 saturated heterocycles. The lowest BCUT2D eigenvalue weighted by Gasteiger charge is -1.97. The van der Waals surface area contributed by atoms with Crippen LogP contribution in [-0.2, 0) is 0 Å². The van der Waals surface area contributed by atoms with Crippen LogP contribution in [0.2, 0.25) is 0 Å². The highest BCUT2D eigenvalue weighted by molar-refractivity contribution is 9.10. The Morgan fingerprint density at radius 1 is 1.11 bits per heavy atom. The van der Waals surface area contributed by atoms with E-state index in [1.807, 2.05) is 18.2 Å². The lowest BCUT2D eigenvalue weighted by Crippen LogP contribution is -1.92. The summed E-state index contributed by atoms with van der Waals surface area (Å²) in [5.41, 5.74) is 1.43. The molecule has 0 aromatic heterocycles. The molecule has 0 aliphatic heterocycles. The smallest absolute Gasteiger partial charge is 0.185 e. The Bertz CT molecular complexity index is 586. The van der Waals surface area contributed by atoms with Crippen molar-refractivity contribution in [3.05, 3.63) is 70.2 Å². The number of ketones is 1. The predicted molar refractivity (Wildman–Crippen MR) is 75.6 cm³/mol. The van der Waals surface area contributed by atoms with E-state index in [9.17, 15) is 9.90 Å². The maximum atomic E-state index is 11.8. The minimum absolute atomic E-state index is 0.0640. The molecule has 1 N–H and O–H groups in total. The summed E-state index contributed by atoms with van der Waals surface area (Å²) in [5.74, 6) is 0.124. The van der Waals surface area contributed by atoms with E-state index in [4.69, 9.17) is 0 Å². The van der Waals surface area contributed by atoms with Crippen molar-refractivity contribution in [1.29, 1.82) is 0 Å². The van der Waals surface area contributed by atoms with Gasteiger partial charge in [0.05, 0.1) is 0 Å². The van der Waals surface area contributed by atoms with Crippen LogP contribution in [0.1, 0.15) is 15.9 Å². The van der Waals surface area contributed by atoms with Crippen molar-refractivity contribution in [1.82, 2.24) is 0 Å². The van der Waals surface area contributed by atoms with Gasteiger partial charge >= 0.3 is 0 Å². The third-order valence-electron chi connectivity index (χ3n) is 2.43. The highest BCUT2D eigenvalue weighted by Crippen LogP contribution is 2.14. The summed E-state index contributed by atoms with van der Waals surface area (Å²) in [6.07, 6.45) is 3.18. The Morgan fingerprint density at radius 2 is 1.83 bits per heavy atom. The second-order valence-electron chi connectivity index (χ2n) is 3.80. The van der Waals surface area contributed by atoms with Crippen LogP contribution in [-0.4, -0.2) is 10.9 Å². The minimum Gasteiger partial charge on any atom is -0.508 e. The van der Waals surface area contributed by atoms with Crippen LogP contribution in [0.3, 0.4) is 0 Å². The van der Waals surface area contributed by atoms with Crippen LogP contribution in [0.15, 0.2) is 59.1 Å². The van der Waals surface area contributed by atoms with Gasteiger partial charge in [0.2, 0.25) is 0 Å². The van der Waals surface area contributed by atoms with E-state index >= 15 is 0 Å². The van der Waals surface area contributed by atoms with Gasteiger partial charge in [-0.3, -0.25) is 4.79 Å². The second kappa shape index (κ2) is 5.65. The summed E-state index contributed by atoms with van der Waals surface area (Å²) in [6, 6.07) is 13.9. The van der Waals surface area contributed by atoms with Gasteiger partial charge in [-0.1, -0.05) is 34.1 Å². The van der Waals surface area contributed by atoms with E-state index in [0.29, 0.717) is 5.56 Å². The molecule has 2 aromatic rings. The molecule has 0 fully saturated rings. The average molecular weight is 303 g/mol. The number of carbonyl (C=O) groups excluding carboxylic acids is 1. The zero-order valence-corrected chi connectivity index (χ0v) is 11.1. The van der Waals surface area contributed by atoms with E-state index in [1.54, 1.807) is 36.4 Å². The van der Waals surface area contributed by atoms with Gasteiger partial charge in [0, 0.05) is 10.0 Å². The third-order valence-corrected chi connectivity index (χ3v) is 2.95. The van der Waals surface area contributed by atoms with Crippen molar-refractivity contribution in [2.24, 2.45) is 0 Å². The summed E-state index contributed by atoms with van der Waals surface area (Å²) in [5, 5.41) is 9.30. The average Bonchev–Trinajstić information content (AvgIpc) is 2.37. The van der Waals surface area contributed by atoms with Gasteiger partial charge in [0.25, 0.3) is 0 Å². The standard InChI is InChI=1S/C15H11BrO2/c16-13-7-5-12(6-8-13)15(18)9-4-11-2-1-3-14(17)10-11/h1-10,17H/b9-4+. The van der Waals surface area contributed by atoms with Crippen LogP contribution < -0.4 is 0 Å². The monoisotopic (exact) mass is 302 g/mol. The number of rotatable bonds is 3. The van der Waals surface area contributed by atoms with Crippen LogP contribution in [0.5, 0.6) is 5.75 Å². The van der Waals surface area contributed by atoms with E-state index < -0.39 is 0 Å². The fourth-order valence-electron chi connectivity index (χ4n) is 1.51. The predicted octanol–water partition coefficient (Wildman–Crippen LogP) is 4.05. The number of hydrogen-bond donors (Lipinski definition) is 1. The second-order valence-corrected chi connectivity index (χ2v) is 4.72. The molecular weight excluding hydrogens is 292 g/mol.